The van der Waals surface area contributed by atoms with E-state index in [4.69, 9.17) is 32.7 Å². The first kappa shape index (κ1) is 24.7. The lowest BCUT2D eigenvalue weighted by Gasteiger charge is -2.18. The van der Waals surface area contributed by atoms with Gasteiger partial charge in [0.2, 0.25) is 0 Å². The summed E-state index contributed by atoms with van der Waals surface area (Å²) in [5.74, 6) is 0.765. The molecule has 1 atom stereocenters. The van der Waals surface area contributed by atoms with Crippen molar-refractivity contribution in [2.24, 2.45) is 0 Å². The van der Waals surface area contributed by atoms with Crippen molar-refractivity contribution in [1.82, 2.24) is 0 Å². The summed E-state index contributed by atoms with van der Waals surface area (Å²) in [5, 5.41) is 3.35. The summed E-state index contributed by atoms with van der Waals surface area (Å²) in [6.45, 7) is 1.83. The lowest BCUT2D eigenvalue weighted by atomic mass is 10.2. The van der Waals surface area contributed by atoms with Crippen LogP contribution in [0.5, 0.6) is 11.5 Å². The summed E-state index contributed by atoms with van der Waals surface area (Å²) < 4.78 is 38.7. The molecule has 0 heterocycles. The molecule has 1 amide bonds. The van der Waals surface area contributed by atoms with Gasteiger partial charge in [-0.3, -0.25) is 9.52 Å². The summed E-state index contributed by atoms with van der Waals surface area (Å²) in [5.41, 5.74) is 0.669. The van der Waals surface area contributed by atoms with Gasteiger partial charge in [-0.05, 0) is 61.0 Å². The van der Waals surface area contributed by atoms with Crippen molar-refractivity contribution in [2.45, 2.75) is 24.3 Å². The first-order chi connectivity index (χ1) is 15.7. The Morgan fingerprint density at radius 2 is 1.58 bits per heavy atom. The van der Waals surface area contributed by atoms with Gasteiger partial charge in [0.25, 0.3) is 15.9 Å². The van der Waals surface area contributed by atoms with Gasteiger partial charge >= 0.3 is 0 Å². The minimum Gasteiger partial charge on any atom is -0.497 e. The number of sulfonamides is 1. The summed E-state index contributed by atoms with van der Waals surface area (Å²) in [6.07, 6.45) is -0.309. The number of methoxy groups -OCH3 is 1. The molecule has 3 aromatic rings. The highest BCUT2D eigenvalue weighted by atomic mass is 35.5. The van der Waals surface area contributed by atoms with Crippen molar-refractivity contribution in [3.8, 4) is 11.5 Å². The average Bonchev–Trinajstić information content (AvgIpc) is 2.77. The van der Waals surface area contributed by atoms with E-state index in [1.54, 1.807) is 31.4 Å². The zero-order valence-electron chi connectivity index (χ0n) is 17.8. The molecule has 0 saturated heterocycles. The molecular weight excluding hydrogens is 487 g/mol. The molecule has 2 N–H and O–H groups in total. The molecule has 0 bridgehead atoms. The topological polar surface area (TPSA) is 93.7 Å². The number of amides is 1. The fourth-order valence-electron chi connectivity index (χ4n) is 2.93. The van der Waals surface area contributed by atoms with Crippen LogP contribution in [0.15, 0.2) is 71.6 Å². The molecule has 3 rings (SSSR count). The summed E-state index contributed by atoms with van der Waals surface area (Å²) in [4.78, 5) is 12.7. The Morgan fingerprint density at radius 3 is 2.18 bits per heavy atom. The van der Waals surface area contributed by atoms with Crippen molar-refractivity contribution in [1.29, 1.82) is 0 Å². The van der Waals surface area contributed by atoms with E-state index < -0.39 is 16.1 Å². The van der Waals surface area contributed by atoms with Crippen LogP contribution in [0.2, 0.25) is 10.0 Å². The average molecular weight is 509 g/mol. The Hall–Kier alpha value is -2.94. The predicted molar refractivity (Wildman–Crippen MR) is 130 cm³/mol. The van der Waals surface area contributed by atoms with E-state index in [-0.39, 0.29) is 16.5 Å². The molecule has 10 heteroatoms. The van der Waals surface area contributed by atoms with E-state index in [2.05, 4.69) is 10.0 Å². The monoisotopic (exact) mass is 508 g/mol. The van der Waals surface area contributed by atoms with Gasteiger partial charge in [-0.25, -0.2) is 8.42 Å². The smallest absolute Gasteiger partial charge is 0.265 e. The molecule has 0 fully saturated rings. The van der Waals surface area contributed by atoms with E-state index in [0.717, 1.165) is 0 Å². The van der Waals surface area contributed by atoms with Crippen molar-refractivity contribution in [3.63, 3.8) is 0 Å². The Balaban J connectivity index is 1.67. The number of benzene rings is 3. The van der Waals surface area contributed by atoms with Crippen molar-refractivity contribution >= 4 is 50.5 Å². The second-order valence-electron chi connectivity index (χ2n) is 6.97. The number of hydrogen-bond donors (Lipinski definition) is 2. The fraction of sp³-hybridized carbons (Fsp3) is 0.174. The minimum atomic E-state index is -3.88. The van der Waals surface area contributed by atoms with Gasteiger partial charge in [-0.15, -0.1) is 0 Å². The van der Waals surface area contributed by atoms with E-state index >= 15 is 0 Å². The van der Waals surface area contributed by atoms with Gasteiger partial charge in [-0.1, -0.05) is 36.2 Å². The highest BCUT2D eigenvalue weighted by Gasteiger charge is 2.20. The number of carbonyl (C=O) groups excluding carboxylic acids is 1. The molecule has 0 aliphatic carbocycles. The lowest BCUT2D eigenvalue weighted by Crippen LogP contribution is -2.32. The van der Waals surface area contributed by atoms with Gasteiger partial charge < -0.3 is 14.8 Å². The number of rotatable bonds is 9. The third kappa shape index (κ3) is 6.77. The standard InChI is InChI=1S/C23H22Cl2N2O5S/c1-3-22(32-20-6-4-5-19(14-20)31-2)23(28)26-17-7-9-21(10-8-17)33(29,30)27-18-12-15(24)11-16(25)13-18/h4-14,22,27H,3H2,1-2H3,(H,26,28)/t22-/m1/s1. The Labute approximate surface area is 202 Å². The molecule has 7 nitrogen and oxygen atoms in total. The van der Waals surface area contributed by atoms with E-state index in [1.807, 2.05) is 6.92 Å². The van der Waals surface area contributed by atoms with E-state index in [1.165, 1.54) is 42.5 Å². The summed E-state index contributed by atoms with van der Waals surface area (Å²) >= 11 is 11.8. The fourth-order valence-corrected chi connectivity index (χ4v) is 4.49. The number of hydrogen-bond acceptors (Lipinski definition) is 5. The van der Waals surface area contributed by atoms with E-state index in [9.17, 15) is 13.2 Å². The van der Waals surface area contributed by atoms with Crippen LogP contribution in [-0.2, 0) is 14.8 Å². The highest BCUT2D eigenvalue weighted by Crippen LogP contribution is 2.25. The van der Waals surface area contributed by atoms with Gasteiger partial charge in [0.15, 0.2) is 6.10 Å². The zero-order valence-corrected chi connectivity index (χ0v) is 20.2. The molecule has 0 aliphatic heterocycles. The predicted octanol–water partition coefficient (Wildman–Crippen LogP) is 5.60. The number of anilines is 2. The van der Waals surface area contributed by atoms with Crippen LogP contribution in [0.1, 0.15) is 13.3 Å². The van der Waals surface area contributed by atoms with Crippen molar-refractivity contribution < 1.29 is 22.7 Å². The van der Waals surface area contributed by atoms with Gasteiger partial charge in [0, 0.05) is 21.8 Å². The first-order valence-corrected chi connectivity index (χ1v) is 12.1. The quantitative estimate of drug-likeness (QED) is 0.392. The normalized spacial score (nSPS) is 12.0. The summed E-state index contributed by atoms with van der Waals surface area (Å²) in [7, 11) is -2.33. The largest absolute Gasteiger partial charge is 0.497 e. The molecular formula is C23H22Cl2N2O5S. The van der Waals surface area contributed by atoms with E-state index in [0.29, 0.717) is 33.7 Å². The second kappa shape index (κ2) is 10.8. The lowest BCUT2D eigenvalue weighted by molar-refractivity contribution is -0.122. The van der Waals surface area contributed by atoms with Gasteiger partial charge in [-0.2, -0.15) is 0 Å². The molecule has 33 heavy (non-hydrogen) atoms. The number of nitrogens with one attached hydrogen (secondary N) is 2. The molecule has 0 aromatic heterocycles. The van der Waals surface area contributed by atoms with Crippen LogP contribution in [0.4, 0.5) is 11.4 Å². The second-order valence-corrected chi connectivity index (χ2v) is 9.53. The maximum absolute atomic E-state index is 12.7. The minimum absolute atomic E-state index is 0.0104. The third-order valence-corrected chi connectivity index (χ3v) is 6.36. The molecule has 0 spiro atoms. The molecule has 0 aliphatic rings. The Kier molecular flexibility index (Phi) is 8.07. The molecule has 174 valence electrons. The van der Waals surface area contributed by atoms with Crippen LogP contribution in [-0.4, -0.2) is 27.5 Å². The van der Waals surface area contributed by atoms with Gasteiger partial charge in [0.1, 0.15) is 11.5 Å². The maximum Gasteiger partial charge on any atom is 0.265 e. The SMILES string of the molecule is CC[C@@H](Oc1cccc(OC)c1)C(=O)Nc1ccc(S(=O)(=O)Nc2cc(Cl)cc(Cl)c2)cc1. The van der Waals surface area contributed by atoms with Crippen LogP contribution >= 0.6 is 23.2 Å². The molecule has 0 unspecified atom stereocenters. The van der Waals surface area contributed by atoms with Crippen LogP contribution in [0, 0.1) is 0 Å². The molecule has 3 aromatic carbocycles. The summed E-state index contributed by atoms with van der Waals surface area (Å²) in [6, 6.07) is 17.1. The Morgan fingerprint density at radius 1 is 0.939 bits per heavy atom. The van der Waals surface area contributed by atoms with Crippen LogP contribution in [0.3, 0.4) is 0 Å². The first-order valence-electron chi connectivity index (χ1n) is 9.90. The Bertz CT molecular complexity index is 1210. The van der Waals surface area contributed by atoms with Crippen LogP contribution < -0.4 is 19.5 Å². The zero-order chi connectivity index (χ0) is 24.0. The van der Waals surface area contributed by atoms with Gasteiger partial charge in [0.05, 0.1) is 17.7 Å². The maximum atomic E-state index is 12.7. The third-order valence-electron chi connectivity index (χ3n) is 4.53. The van der Waals surface area contributed by atoms with Crippen molar-refractivity contribution in [3.05, 3.63) is 76.8 Å². The number of carbonyl (C=O) groups is 1. The highest BCUT2D eigenvalue weighted by molar-refractivity contribution is 7.92. The number of halogens is 2. The van der Waals surface area contributed by atoms with Crippen LogP contribution in [0.25, 0.3) is 0 Å². The van der Waals surface area contributed by atoms with Crippen molar-refractivity contribution in [2.75, 3.05) is 17.1 Å². The molecule has 0 saturated carbocycles. The molecule has 0 radical (unpaired) electrons. The number of ether oxygens (including phenoxy) is 2.